The average molecular weight is 437 g/mol. The van der Waals surface area contributed by atoms with E-state index in [9.17, 15) is 24.3 Å². The molecule has 2 amide bonds. The van der Waals surface area contributed by atoms with Gasteiger partial charge in [-0.3, -0.25) is 9.59 Å². The summed E-state index contributed by atoms with van der Waals surface area (Å²) in [5, 5.41) is 11.6. The predicted molar refractivity (Wildman–Crippen MR) is 107 cm³/mol. The van der Waals surface area contributed by atoms with Crippen LogP contribution in [0.4, 0.5) is 4.79 Å². The molecule has 162 valence electrons. The van der Waals surface area contributed by atoms with E-state index in [0.29, 0.717) is 5.56 Å². The number of nitrogens with two attached hydrogens (primary N) is 1. The van der Waals surface area contributed by atoms with Crippen molar-refractivity contribution < 1.29 is 33.8 Å². The molecule has 1 unspecified atom stereocenters. The largest absolute Gasteiger partial charge is 0.513 e. The molecule has 1 aromatic carbocycles. The van der Waals surface area contributed by atoms with Crippen molar-refractivity contribution in [1.29, 1.82) is 0 Å². The smallest absolute Gasteiger partial charge is 0.480 e. The molecule has 10 nitrogen and oxygen atoms in total. The number of amides is 2. The molecule has 0 saturated carbocycles. The van der Waals surface area contributed by atoms with Crippen molar-refractivity contribution in [1.82, 2.24) is 10.2 Å². The molecule has 4 N–H and O–H groups in total. The lowest BCUT2D eigenvalue weighted by Crippen LogP contribution is -2.71. The summed E-state index contributed by atoms with van der Waals surface area (Å²) in [5.41, 5.74) is 6.46. The third kappa shape index (κ3) is 3.94. The molecule has 1 aromatic rings. The Morgan fingerprint density at radius 1 is 1.30 bits per heavy atom. The van der Waals surface area contributed by atoms with Gasteiger partial charge in [0.25, 0.3) is 0 Å². The van der Waals surface area contributed by atoms with Crippen molar-refractivity contribution in [3.8, 4) is 5.75 Å². The zero-order chi connectivity index (χ0) is 22.2. The van der Waals surface area contributed by atoms with Gasteiger partial charge in [-0.2, -0.15) is 0 Å². The number of carboxylic acid groups (broad SMARTS) is 1. The van der Waals surface area contributed by atoms with Crippen LogP contribution in [0.2, 0.25) is 0 Å². The number of aliphatic carboxylic acids is 1. The monoisotopic (exact) mass is 437 g/mol. The second kappa shape index (κ2) is 8.15. The maximum Gasteiger partial charge on any atom is 0.513 e. The molecule has 3 rings (SSSR count). The molecule has 0 aromatic heterocycles. The number of benzene rings is 1. The molecule has 2 heterocycles. The average Bonchev–Trinajstić information content (AvgIpc) is 2.94. The van der Waals surface area contributed by atoms with Crippen LogP contribution in [0.25, 0.3) is 0 Å². The summed E-state index contributed by atoms with van der Waals surface area (Å²) in [7, 11) is 0. The molecule has 2 aliphatic rings. The highest BCUT2D eigenvalue weighted by Gasteiger charge is 2.64. The number of hydrogen-bond acceptors (Lipinski definition) is 8. The molecule has 0 spiro atoms. The van der Waals surface area contributed by atoms with Crippen molar-refractivity contribution in [3.63, 3.8) is 0 Å². The molecule has 2 aliphatic heterocycles. The molecule has 4 atom stereocenters. The SMILES string of the molecule is CCOC(=O)Oc1ccc(C(N)C(=O)N[C@@H]2C(=O)N3[C@@H]2SC(C)(C)[C@@H]3C(=O)O)cc1. The van der Waals surface area contributed by atoms with Crippen LogP contribution in [-0.4, -0.2) is 62.8 Å². The summed E-state index contributed by atoms with van der Waals surface area (Å²) in [6.07, 6.45) is -0.836. The van der Waals surface area contributed by atoms with Crippen LogP contribution in [0.3, 0.4) is 0 Å². The zero-order valence-electron chi connectivity index (χ0n) is 16.7. The first-order valence-corrected chi connectivity index (χ1v) is 10.2. The number of rotatable bonds is 6. The highest BCUT2D eigenvalue weighted by Crippen LogP contribution is 2.50. The number of thioether (sulfide) groups is 1. The maximum atomic E-state index is 12.6. The van der Waals surface area contributed by atoms with Crippen molar-refractivity contribution in [2.24, 2.45) is 5.73 Å². The quantitative estimate of drug-likeness (QED) is 0.334. The van der Waals surface area contributed by atoms with E-state index in [1.165, 1.54) is 40.9 Å². The van der Waals surface area contributed by atoms with Gasteiger partial charge in [0.05, 0.1) is 6.61 Å². The van der Waals surface area contributed by atoms with Crippen molar-refractivity contribution >= 4 is 35.7 Å². The van der Waals surface area contributed by atoms with Gasteiger partial charge in [0.1, 0.15) is 29.2 Å². The van der Waals surface area contributed by atoms with Crippen molar-refractivity contribution in [2.45, 2.75) is 49.0 Å². The molecule has 2 fully saturated rings. The van der Waals surface area contributed by atoms with E-state index in [1.54, 1.807) is 20.8 Å². The summed E-state index contributed by atoms with van der Waals surface area (Å²) < 4.78 is 8.95. The molecule has 30 heavy (non-hydrogen) atoms. The number of carbonyl (C=O) groups excluding carboxylic acids is 3. The van der Waals surface area contributed by atoms with E-state index < -0.39 is 52.2 Å². The maximum absolute atomic E-state index is 12.6. The van der Waals surface area contributed by atoms with Gasteiger partial charge in [-0.05, 0) is 38.5 Å². The number of nitrogens with one attached hydrogen (secondary N) is 1. The summed E-state index contributed by atoms with van der Waals surface area (Å²) >= 11 is 1.34. The number of hydrogen-bond donors (Lipinski definition) is 3. The van der Waals surface area contributed by atoms with Crippen LogP contribution in [0, 0.1) is 0 Å². The highest BCUT2D eigenvalue weighted by atomic mass is 32.2. The lowest BCUT2D eigenvalue weighted by atomic mass is 9.95. The third-order valence-electron chi connectivity index (χ3n) is 4.96. The number of β-lactam (4-membered cyclic amide) rings is 1. The second-order valence-electron chi connectivity index (χ2n) is 7.42. The fourth-order valence-corrected chi connectivity index (χ4v) is 5.15. The molecule has 0 bridgehead atoms. The Morgan fingerprint density at radius 2 is 1.93 bits per heavy atom. The van der Waals surface area contributed by atoms with Gasteiger partial charge in [0, 0.05) is 4.75 Å². The highest BCUT2D eigenvalue weighted by molar-refractivity contribution is 8.01. The first-order chi connectivity index (χ1) is 14.1. The first-order valence-electron chi connectivity index (χ1n) is 9.30. The molecular formula is C19H23N3O7S. The van der Waals surface area contributed by atoms with Crippen LogP contribution in [0.1, 0.15) is 32.4 Å². The molecular weight excluding hydrogens is 414 g/mol. The zero-order valence-corrected chi connectivity index (χ0v) is 17.5. The fraction of sp³-hybridized carbons (Fsp3) is 0.474. The Balaban J connectivity index is 1.62. The first kappa shape index (κ1) is 21.9. The number of nitrogens with zero attached hydrogens (tertiary/aromatic N) is 1. The molecule has 0 radical (unpaired) electrons. The summed E-state index contributed by atoms with van der Waals surface area (Å²) in [6, 6.07) is 3.17. The van der Waals surface area contributed by atoms with Crippen LogP contribution >= 0.6 is 11.8 Å². The number of ether oxygens (including phenoxy) is 2. The lowest BCUT2D eigenvalue weighted by molar-refractivity contribution is -0.161. The Labute approximate surface area is 177 Å². The fourth-order valence-electron chi connectivity index (χ4n) is 3.53. The Bertz CT molecular complexity index is 873. The standard InChI is InChI=1S/C19H23N3O7S/c1-4-28-18(27)29-10-7-5-9(6-8-10)11(20)14(23)21-12-15(24)22-13(17(25)26)19(2,3)30-16(12)22/h5-8,11-13,16H,4,20H2,1-3H3,(H,21,23)(H,25,26)/t11?,12-,13+,16-/m1/s1. The van der Waals surface area contributed by atoms with E-state index in [-0.39, 0.29) is 12.4 Å². The molecule has 11 heteroatoms. The Morgan fingerprint density at radius 3 is 2.50 bits per heavy atom. The van der Waals surface area contributed by atoms with Crippen LogP contribution < -0.4 is 15.8 Å². The van der Waals surface area contributed by atoms with Gasteiger partial charge in [-0.25, -0.2) is 9.59 Å². The van der Waals surface area contributed by atoms with Crippen molar-refractivity contribution in [3.05, 3.63) is 29.8 Å². The second-order valence-corrected chi connectivity index (χ2v) is 9.19. The minimum absolute atomic E-state index is 0.183. The van der Waals surface area contributed by atoms with Gasteiger partial charge in [0.15, 0.2) is 0 Å². The van der Waals surface area contributed by atoms with Gasteiger partial charge in [-0.15, -0.1) is 11.8 Å². The molecule has 2 saturated heterocycles. The van der Waals surface area contributed by atoms with Crippen LogP contribution in [0.5, 0.6) is 5.75 Å². The summed E-state index contributed by atoms with van der Waals surface area (Å²) in [4.78, 5) is 49.2. The van der Waals surface area contributed by atoms with Gasteiger partial charge < -0.3 is 30.5 Å². The van der Waals surface area contributed by atoms with Crippen LogP contribution in [0.15, 0.2) is 24.3 Å². The third-order valence-corrected chi connectivity index (χ3v) is 6.53. The van der Waals surface area contributed by atoms with E-state index in [4.69, 9.17) is 10.5 Å². The van der Waals surface area contributed by atoms with E-state index in [0.717, 1.165) is 0 Å². The van der Waals surface area contributed by atoms with E-state index >= 15 is 0 Å². The lowest BCUT2D eigenvalue weighted by Gasteiger charge is -2.43. The van der Waals surface area contributed by atoms with E-state index in [2.05, 4.69) is 10.1 Å². The number of carboxylic acids is 1. The summed E-state index contributed by atoms with van der Waals surface area (Å²) in [6.45, 7) is 5.35. The number of fused-ring (bicyclic) bond motifs is 1. The predicted octanol–water partition coefficient (Wildman–Crippen LogP) is 0.853. The van der Waals surface area contributed by atoms with Crippen molar-refractivity contribution in [2.75, 3.05) is 6.61 Å². The van der Waals surface area contributed by atoms with E-state index in [1.807, 2.05) is 0 Å². The van der Waals surface area contributed by atoms with Gasteiger partial charge in [0.2, 0.25) is 11.8 Å². The van der Waals surface area contributed by atoms with Gasteiger partial charge >= 0.3 is 12.1 Å². The minimum Gasteiger partial charge on any atom is -0.480 e. The normalized spacial score (nSPS) is 25.0. The molecule has 0 aliphatic carbocycles. The topological polar surface area (TPSA) is 148 Å². The summed E-state index contributed by atoms with van der Waals surface area (Å²) in [5.74, 6) is -1.85. The Hall–Kier alpha value is -2.79. The van der Waals surface area contributed by atoms with Gasteiger partial charge in [-0.1, -0.05) is 12.1 Å². The minimum atomic E-state index is -1.07. The number of carbonyl (C=O) groups is 4. The van der Waals surface area contributed by atoms with Crippen LogP contribution in [-0.2, 0) is 19.1 Å². The Kier molecular flexibility index (Phi) is 5.95.